The average molecular weight is 361 g/mol. The van der Waals surface area contributed by atoms with Crippen LogP contribution in [-0.4, -0.2) is 41.6 Å². The SMILES string of the molecule is O=C(O)c1cc(I)ccc1OCC(=O)N1CCC1. The molecule has 2 rings (SSSR count). The Bertz CT molecular complexity index is 485. The fourth-order valence-corrected chi connectivity index (χ4v) is 2.08. The maximum absolute atomic E-state index is 11.6. The minimum atomic E-state index is -1.06. The molecule has 1 aromatic rings. The summed E-state index contributed by atoms with van der Waals surface area (Å²) in [5.74, 6) is -0.923. The number of benzene rings is 1. The van der Waals surface area contributed by atoms with Crippen molar-refractivity contribution < 1.29 is 19.4 Å². The van der Waals surface area contributed by atoms with Crippen molar-refractivity contribution in [2.75, 3.05) is 19.7 Å². The Hall–Kier alpha value is -1.31. The summed E-state index contributed by atoms with van der Waals surface area (Å²) in [5.41, 5.74) is 0.0818. The van der Waals surface area contributed by atoms with Crippen LogP contribution in [0, 0.1) is 3.57 Å². The van der Waals surface area contributed by atoms with E-state index in [9.17, 15) is 9.59 Å². The lowest BCUT2D eigenvalue weighted by atomic mass is 10.2. The number of hydrogen-bond donors (Lipinski definition) is 1. The summed E-state index contributed by atoms with van der Waals surface area (Å²) in [6.07, 6.45) is 1.02. The lowest BCUT2D eigenvalue weighted by Crippen LogP contribution is -2.44. The maximum atomic E-state index is 11.6. The molecule has 1 heterocycles. The Morgan fingerprint density at radius 1 is 1.39 bits per heavy atom. The normalized spacial score (nSPS) is 13.9. The summed E-state index contributed by atoms with van der Waals surface area (Å²) in [5, 5.41) is 9.04. The fourth-order valence-electron chi connectivity index (χ4n) is 1.59. The second-order valence-electron chi connectivity index (χ2n) is 3.97. The molecule has 0 saturated carbocycles. The molecule has 1 aliphatic rings. The van der Waals surface area contributed by atoms with Crippen LogP contribution < -0.4 is 4.74 Å². The summed E-state index contributed by atoms with van der Waals surface area (Å²) < 4.78 is 6.11. The van der Waals surface area contributed by atoms with Gasteiger partial charge in [-0.2, -0.15) is 0 Å². The topological polar surface area (TPSA) is 66.8 Å². The summed E-state index contributed by atoms with van der Waals surface area (Å²) in [6.45, 7) is 1.42. The highest BCUT2D eigenvalue weighted by Gasteiger charge is 2.21. The van der Waals surface area contributed by atoms with E-state index < -0.39 is 5.97 Å². The van der Waals surface area contributed by atoms with Gasteiger partial charge in [-0.05, 0) is 47.2 Å². The van der Waals surface area contributed by atoms with E-state index in [-0.39, 0.29) is 23.8 Å². The third-order valence-electron chi connectivity index (χ3n) is 2.73. The van der Waals surface area contributed by atoms with E-state index in [1.165, 1.54) is 6.07 Å². The van der Waals surface area contributed by atoms with Gasteiger partial charge in [-0.15, -0.1) is 0 Å². The van der Waals surface area contributed by atoms with Crippen molar-refractivity contribution in [3.05, 3.63) is 27.3 Å². The van der Waals surface area contributed by atoms with Gasteiger partial charge in [0.15, 0.2) is 6.61 Å². The summed E-state index contributed by atoms with van der Waals surface area (Å²) in [4.78, 5) is 24.3. The van der Waals surface area contributed by atoms with Crippen molar-refractivity contribution >= 4 is 34.5 Å². The number of carbonyl (C=O) groups excluding carboxylic acids is 1. The quantitative estimate of drug-likeness (QED) is 0.828. The maximum Gasteiger partial charge on any atom is 0.339 e. The van der Waals surface area contributed by atoms with E-state index >= 15 is 0 Å². The first-order valence-electron chi connectivity index (χ1n) is 5.51. The van der Waals surface area contributed by atoms with Gasteiger partial charge in [0.1, 0.15) is 11.3 Å². The van der Waals surface area contributed by atoms with Crippen LogP contribution in [0.5, 0.6) is 5.75 Å². The molecule has 0 radical (unpaired) electrons. The Morgan fingerprint density at radius 3 is 2.67 bits per heavy atom. The molecule has 0 unspecified atom stereocenters. The van der Waals surface area contributed by atoms with Crippen LogP contribution in [0.25, 0.3) is 0 Å². The minimum absolute atomic E-state index is 0.0818. The third-order valence-corrected chi connectivity index (χ3v) is 3.40. The number of rotatable bonds is 4. The molecule has 18 heavy (non-hydrogen) atoms. The molecule has 1 N–H and O–H groups in total. The lowest BCUT2D eigenvalue weighted by Gasteiger charge is -2.30. The molecule has 0 atom stereocenters. The zero-order valence-corrected chi connectivity index (χ0v) is 11.7. The monoisotopic (exact) mass is 361 g/mol. The van der Waals surface area contributed by atoms with E-state index in [2.05, 4.69) is 0 Å². The fraction of sp³-hybridized carbons (Fsp3) is 0.333. The standard InChI is InChI=1S/C12H12INO4/c13-8-2-3-10(9(6-8)12(16)17)18-7-11(15)14-4-1-5-14/h2-3,6H,1,4-5,7H2,(H,16,17). The highest BCUT2D eigenvalue weighted by Crippen LogP contribution is 2.21. The molecule has 0 aliphatic carbocycles. The zero-order chi connectivity index (χ0) is 13.1. The first kappa shape index (κ1) is 13.1. The van der Waals surface area contributed by atoms with Gasteiger partial charge in [-0.1, -0.05) is 0 Å². The smallest absolute Gasteiger partial charge is 0.339 e. The number of halogens is 1. The minimum Gasteiger partial charge on any atom is -0.483 e. The van der Waals surface area contributed by atoms with Crippen molar-refractivity contribution in [1.82, 2.24) is 4.90 Å². The molecule has 5 nitrogen and oxygen atoms in total. The van der Waals surface area contributed by atoms with Gasteiger partial charge in [0.2, 0.25) is 0 Å². The van der Waals surface area contributed by atoms with Gasteiger partial charge in [0.05, 0.1) is 0 Å². The summed E-state index contributed by atoms with van der Waals surface area (Å²) in [6, 6.07) is 4.84. The van der Waals surface area contributed by atoms with Crippen molar-refractivity contribution in [2.24, 2.45) is 0 Å². The Balaban J connectivity index is 2.04. The average Bonchev–Trinajstić information content (AvgIpc) is 2.24. The molecule has 96 valence electrons. The van der Waals surface area contributed by atoms with Crippen LogP contribution in [0.3, 0.4) is 0 Å². The molecule has 0 bridgehead atoms. The number of nitrogens with zero attached hydrogens (tertiary/aromatic N) is 1. The molecule has 1 fully saturated rings. The van der Waals surface area contributed by atoms with Crippen molar-refractivity contribution in [3.63, 3.8) is 0 Å². The van der Waals surface area contributed by atoms with Gasteiger partial charge < -0.3 is 14.7 Å². The van der Waals surface area contributed by atoms with Crippen LogP contribution >= 0.6 is 22.6 Å². The predicted octanol–water partition coefficient (Wildman–Crippen LogP) is 1.60. The zero-order valence-electron chi connectivity index (χ0n) is 9.56. The van der Waals surface area contributed by atoms with E-state index in [1.54, 1.807) is 17.0 Å². The van der Waals surface area contributed by atoms with Gasteiger partial charge in [-0.25, -0.2) is 4.79 Å². The highest BCUT2D eigenvalue weighted by atomic mass is 127. The Kier molecular flexibility index (Phi) is 4.05. The number of carboxylic acid groups (broad SMARTS) is 1. The molecule has 0 aromatic heterocycles. The molecule has 1 aromatic carbocycles. The predicted molar refractivity (Wildman–Crippen MR) is 72.8 cm³/mol. The Morgan fingerprint density at radius 2 is 2.11 bits per heavy atom. The van der Waals surface area contributed by atoms with Crippen LogP contribution in [-0.2, 0) is 4.79 Å². The van der Waals surface area contributed by atoms with Crippen molar-refractivity contribution in [2.45, 2.75) is 6.42 Å². The van der Waals surface area contributed by atoms with Crippen LogP contribution in [0.2, 0.25) is 0 Å². The van der Waals surface area contributed by atoms with Crippen molar-refractivity contribution in [1.29, 1.82) is 0 Å². The number of hydrogen-bond acceptors (Lipinski definition) is 3. The first-order valence-corrected chi connectivity index (χ1v) is 6.59. The lowest BCUT2D eigenvalue weighted by molar-refractivity contribution is -0.136. The molecule has 1 aliphatic heterocycles. The summed E-state index contributed by atoms with van der Waals surface area (Å²) >= 11 is 2.03. The molecular formula is C12H12INO4. The van der Waals surface area contributed by atoms with Gasteiger partial charge >= 0.3 is 5.97 Å². The number of carbonyl (C=O) groups is 2. The van der Waals surface area contributed by atoms with Crippen molar-refractivity contribution in [3.8, 4) is 5.75 Å². The number of amides is 1. The highest BCUT2D eigenvalue weighted by molar-refractivity contribution is 14.1. The van der Waals surface area contributed by atoms with Crippen LogP contribution in [0.15, 0.2) is 18.2 Å². The number of likely N-dealkylation sites (tertiary alicyclic amines) is 1. The summed E-state index contributed by atoms with van der Waals surface area (Å²) in [7, 11) is 0. The molecule has 1 saturated heterocycles. The van der Waals surface area contributed by atoms with E-state index in [0.29, 0.717) is 0 Å². The molecule has 0 spiro atoms. The largest absolute Gasteiger partial charge is 0.483 e. The third kappa shape index (κ3) is 2.92. The number of carboxylic acids is 1. The molecular weight excluding hydrogens is 349 g/mol. The first-order chi connectivity index (χ1) is 8.58. The van der Waals surface area contributed by atoms with Gasteiger partial charge in [0.25, 0.3) is 5.91 Å². The second kappa shape index (κ2) is 5.55. The van der Waals surface area contributed by atoms with Crippen LogP contribution in [0.4, 0.5) is 0 Å². The van der Waals surface area contributed by atoms with Crippen LogP contribution in [0.1, 0.15) is 16.8 Å². The van der Waals surface area contributed by atoms with Gasteiger partial charge in [-0.3, -0.25) is 4.79 Å². The van der Waals surface area contributed by atoms with E-state index in [0.717, 1.165) is 23.1 Å². The number of aromatic carboxylic acids is 1. The van der Waals surface area contributed by atoms with Gasteiger partial charge in [0, 0.05) is 16.7 Å². The Labute approximate surface area is 118 Å². The number of ether oxygens (including phenoxy) is 1. The van der Waals surface area contributed by atoms with E-state index in [1.807, 2.05) is 22.6 Å². The molecule has 1 amide bonds. The van der Waals surface area contributed by atoms with E-state index in [4.69, 9.17) is 9.84 Å². The molecule has 6 heteroatoms. The second-order valence-corrected chi connectivity index (χ2v) is 5.21.